The van der Waals surface area contributed by atoms with Gasteiger partial charge in [0.25, 0.3) is 0 Å². The second-order valence-electron chi connectivity index (χ2n) is 4.39. The molecule has 2 fully saturated rings. The number of hydrogen-bond acceptors (Lipinski definition) is 3. The van der Waals surface area contributed by atoms with Crippen LogP contribution in [0.3, 0.4) is 0 Å². The second-order valence-corrected chi connectivity index (χ2v) is 4.39. The molecule has 1 atom stereocenters. The maximum absolute atomic E-state index is 5.45. The van der Waals surface area contributed by atoms with Crippen LogP contribution in [0.15, 0.2) is 0 Å². The molecular formula is C10H19NO2. The molecule has 0 aromatic heterocycles. The lowest BCUT2D eigenvalue weighted by Crippen LogP contribution is -2.39. The molecule has 1 aliphatic heterocycles. The van der Waals surface area contributed by atoms with E-state index in [1.807, 2.05) is 0 Å². The molecule has 1 unspecified atom stereocenters. The Bertz CT molecular complexity index is 162. The molecule has 0 radical (unpaired) electrons. The van der Waals surface area contributed by atoms with Gasteiger partial charge in [-0.1, -0.05) is 0 Å². The van der Waals surface area contributed by atoms with Gasteiger partial charge in [-0.25, -0.2) is 0 Å². The van der Waals surface area contributed by atoms with Crippen molar-refractivity contribution in [2.75, 3.05) is 33.5 Å². The molecule has 0 amide bonds. The van der Waals surface area contributed by atoms with Gasteiger partial charge in [0.05, 0.1) is 13.2 Å². The molecule has 2 rings (SSSR count). The van der Waals surface area contributed by atoms with Crippen LogP contribution < -0.4 is 5.32 Å². The summed E-state index contributed by atoms with van der Waals surface area (Å²) in [4.78, 5) is 0. The summed E-state index contributed by atoms with van der Waals surface area (Å²) in [5, 5.41) is 3.56. The maximum atomic E-state index is 5.45. The second kappa shape index (κ2) is 3.95. The van der Waals surface area contributed by atoms with Crippen LogP contribution >= 0.6 is 0 Å². The topological polar surface area (TPSA) is 30.5 Å². The standard InChI is InChI=1S/C10H19NO2/c1-12-7-10(4-5-13-8-10)6-11-9-2-3-9/h9,11H,2-8H2,1H3. The minimum atomic E-state index is 0.261. The third-order valence-electron chi connectivity index (χ3n) is 2.98. The van der Waals surface area contributed by atoms with Crippen molar-refractivity contribution in [3.8, 4) is 0 Å². The summed E-state index contributed by atoms with van der Waals surface area (Å²) < 4.78 is 10.7. The summed E-state index contributed by atoms with van der Waals surface area (Å²) in [6, 6.07) is 0.786. The van der Waals surface area contributed by atoms with Gasteiger partial charge in [-0.3, -0.25) is 0 Å². The quantitative estimate of drug-likeness (QED) is 0.687. The zero-order valence-corrected chi connectivity index (χ0v) is 8.34. The summed E-state index contributed by atoms with van der Waals surface area (Å²) in [6.07, 6.45) is 3.84. The fraction of sp³-hybridized carbons (Fsp3) is 1.00. The van der Waals surface area contributed by atoms with E-state index in [0.29, 0.717) is 0 Å². The van der Waals surface area contributed by atoms with Gasteiger partial charge in [0.2, 0.25) is 0 Å². The molecule has 0 bridgehead atoms. The highest BCUT2D eigenvalue weighted by molar-refractivity contribution is 4.89. The molecule has 1 heterocycles. The smallest absolute Gasteiger partial charge is 0.0557 e. The Labute approximate surface area is 79.8 Å². The van der Waals surface area contributed by atoms with E-state index >= 15 is 0 Å². The van der Waals surface area contributed by atoms with Crippen molar-refractivity contribution in [3.05, 3.63) is 0 Å². The first-order valence-electron chi connectivity index (χ1n) is 5.15. The number of ether oxygens (including phenoxy) is 2. The third-order valence-corrected chi connectivity index (χ3v) is 2.98. The predicted molar refractivity (Wildman–Crippen MR) is 50.8 cm³/mol. The zero-order chi connectivity index (χ0) is 9.15. The van der Waals surface area contributed by atoms with Gasteiger partial charge >= 0.3 is 0 Å². The normalized spacial score (nSPS) is 33.9. The lowest BCUT2D eigenvalue weighted by molar-refractivity contribution is 0.0623. The van der Waals surface area contributed by atoms with Crippen molar-refractivity contribution in [1.82, 2.24) is 5.32 Å². The number of rotatable bonds is 5. The first-order chi connectivity index (χ1) is 6.35. The van der Waals surface area contributed by atoms with Crippen molar-refractivity contribution in [2.24, 2.45) is 5.41 Å². The molecule has 0 spiro atoms. The fourth-order valence-corrected chi connectivity index (χ4v) is 1.91. The van der Waals surface area contributed by atoms with Crippen molar-refractivity contribution < 1.29 is 9.47 Å². The van der Waals surface area contributed by atoms with Crippen LogP contribution in [0, 0.1) is 5.41 Å². The SMILES string of the molecule is COCC1(CNC2CC2)CCOC1. The van der Waals surface area contributed by atoms with Gasteiger partial charge in [-0.15, -0.1) is 0 Å². The number of nitrogens with one attached hydrogen (secondary N) is 1. The molecular weight excluding hydrogens is 166 g/mol. The Morgan fingerprint density at radius 3 is 2.92 bits per heavy atom. The molecule has 1 saturated heterocycles. The average molecular weight is 185 g/mol. The highest BCUT2D eigenvalue weighted by atomic mass is 16.5. The number of methoxy groups -OCH3 is 1. The molecule has 3 heteroatoms. The van der Waals surface area contributed by atoms with Gasteiger partial charge < -0.3 is 14.8 Å². The summed E-state index contributed by atoms with van der Waals surface area (Å²) in [5.41, 5.74) is 0.261. The Balaban J connectivity index is 1.79. The Hall–Kier alpha value is -0.120. The zero-order valence-electron chi connectivity index (χ0n) is 8.34. The van der Waals surface area contributed by atoms with Crippen LogP contribution in [-0.2, 0) is 9.47 Å². The van der Waals surface area contributed by atoms with Crippen LogP contribution in [0.4, 0.5) is 0 Å². The molecule has 1 saturated carbocycles. The minimum absolute atomic E-state index is 0.261. The highest BCUT2D eigenvalue weighted by Gasteiger charge is 2.36. The Morgan fingerprint density at radius 2 is 2.38 bits per heavy atom. The van der Waals surface area contributed by atoms with E-state index in [1.165, 1.54) is 12.8 Å². The molecule has 76 valence electrons. The van der Waals surface area contributed by atoms with E-state index in [9.17, 15) is 0 Å². The maximum Gasteiger partial charge on any atom is 0.0557 e. The lowest BCUT2D eigenvalue weighted by atomic mass is 9.88. The van der Waals surface area contributed by atoms with Crippen LogP contribution in [-0.4, -0.2) is 39.5 Å². The summed E-state index contributed by atoms with van der Waals surface area (Å²) >= 11 is 0. The van der Waals surface area contributed by atoms with Crippen LogP contribution in [0.5, 0.6) is 0 Å². The molecule has 2 aliphatic rings. The van der Waals surface area contributed by atoms with E-state index < -0.39 is 0 Å². The Kier molecular flexibility index (Phi) is 2.86. The number of hydrogen-bond donors (Lipinski definition) is 1. The van der Waals surface area contributed by atoms with Crippen molar-refractivity contribution >= 4 is 0 Å². The van der Waals surface area contributed by atoms with Gasteiger partial charge in [-0.2, -0.15) is 0 Å². The molecule has 0 aromatic rings. The van der Waals surface area contributed by atoms with E-state index in [1.54, 1.807) is 7.11 Å². The molecule has 13 heavy (non-hydrogen) atoms. The fourth-order valence-electron chi connectivity index (χ4n) is 1.91. The van der Waals surface area contributed by atoms with Gasteiger partial charge in [-0.05, 0) is 19.3 Å². The first-order valence-corrected chi connectivity index (χ1v) is 5.15. The van der Waals surface area contributed by atoms with Crippen LogP contribution in [0.25, 0.3) is 0 Å². The minimum Gasteiger partial charge on any atom is -0.384 e. The predicted octanol–water partition coefficient (Wildman–Crippen LogP) is 0.791. The monoisotopic (exact) mass is 185 g/mol. The van der Waals surface area contributed by atoms with Gasteiger partial charge in [0.1, 0.15) is 0 Å². The van der Waals surface area contributed by atoms with E-state index in [-0.39, 0.29) is 5.41 Å². The molecule has 0 aromatic carbocycles. The third kappa shape index (κ3) is 2.42. The van der Waals surface area contributed by atoms with Crippen molar-refractivity contribution in [1.29, 1.82) is 0 Å². The van der Waals surface area contributed by atoms with Crippen molar-refractivity contribution in [2.45, 2.75) is 25.3 Å². The van der Waals surface area contributed by atoms with Crippen molar-refractivity contribution in [3.63, 3.8) is 0 Å². The van der Waals surface area contributed by atoms with Crippen LogP contribution in [0.1, 0.15) is 19.3 Å². The average Bonchev–Trinajstić information content (AvgIpc) is 2.85. The van der Waals surface area contributed by atoms with Gasteiger partial charge in [0, 0.05) is 31.7 Å². The molecule has 3 nitrogen and oxygen atoms in total. The Morgan fingerprint density at radius 1 is 1.54 bits per heavy atom. The van der Waals surface area contributed by atoms with E-state index in [2.05, 4.69) is 5.32 Å². The van der Waals surface area contributed by atoms with E-state index in [0.717, 1.165) is 38.8 Å². The molecule has 1 N–H and O–H groups in total. The summed E-state index contributed by atoms with van der Waals surface area (Å²) in [7, 11) is 1.77. The highest BCUT2D eigenvalue weighted by Crippen LogP contribution is 2.29. The van der Waals surface area contributed by atoms with Crippen LogP contribution in [0.2, 0.25) is 0 Å². The lowest BCUT2D eigenvalue weighted by Gasteiger charge is -2.26. The largest absolute Gasteiger partial charge is 0.384 e. The first kappa shape index (κ1) is 9.44. The summed E-state index contributed by atoms with van der Waals surface area (Å²) in [6.45, 7) is 3.65. The summed E-state index contributed by atoms with van der Waals surface area (Å²) in [5.74, 6) is 0. The van der Waals surface area contributed by atoms with E-state index in [4.69, 9.17) is 9.47 Å². The van der Waals surface area contributed by atoms with Gasteiger partial charge in [0.15, 0.2) is 0 Å². The molecule has 1 aliphatic carbocycles.